The highest BCUT2D eigenvalue weighted by Crippen LogP contribution is 2.31. The highest BCUT2D eigenvalue weighted by molar-refractivity contribution is 9.11. The fraction of sp³-hybridized carbons (Fsp3) is 0.273. The number of hydrazone groups is 1. The lowest BCUT2D eigenvalue weighted by atomic mass is 10.1. The molecule has 10 heteroatoms. The minimum atomic E-state index is 0.364. The minimum absolute atomic E-state index is 0.364. The van der Waals surface area contributed by atoms with Crippen LogP contribution in [0.1, 0.15) is 24.8 Å². The zero-order chi connectivity index (χ0) is 22.3. The van der Waals surface area contributed by atoms with Gasteiger partial charge in [0.15, 0.2) is 0 Å². The molecule has 1 fully saturated rings. The number of hydrogen-bond donors (Lipinski definition) is 2. The van der Waals surface area contributed by atoms with Crippen LogP contribution in [-0.4, -0.2) is 41.4 Å². The Morgan fingerprint density at radius 2 is 1.75 bits per heavy atom. The number of rotatable bonds is 7. The largest absolute Gasteiger partial charge is 0.495 e. The van der Waals surface area contributed by atoms with E-state index in [-0.39, 0.29) is 0 Å². The van der Waals surface area contributed by atoms with E-state index < -0.39 is 0 Å². The number of nitrogens with one attached hydrogen (secondary N) is 2. The van der Waals surface area contributed by atoms with Crippen LogP contribution in [0.15, 0.2) is 56.5 Å². The van der Waals surface area contributed by atoms with Crippen LogP contribution in [0.25, 0.3) is 0 Å². The zero-order valence-electron chi connectivity index (χ0n) is 17.6. The molecule has 32 heavy (non-hydrogen) atoms. The summed E-state index contributed by atoms with van der Waals surface area (Å²) in [5, 5.41) is 7.59. The summed E-state index contributed by atoms with van der Waals surface area (Å²) in [6, 6.07) is 13.7. The van der Waals surface area contributed by atoms with Crippen molar-refractivity contribution < 1.29 is 4.74 Å². The first-order chi connectivity index (χ1) is 15.6. The van der Waals surface area contributed by atoms with Crippen molar-refractivity contribution in [3.05, 3.63) is 57.0 Å². The van der Waals surface area contributed by atoms with Gasteiger partial charge in [0.05, 0.1) is 17.8 Å². The summed E-state index contributed by atoms with van der Waals surface area (Å²) >= 11 is 7.00. The third-order valence-electron chi connectivity index (χ3n) is 4.90. The Labute approximate surface area is 203 Å². The quantitative estimate of drug-likeness (QED) is 0.288. The molecule has 2 N–H and O–H groups in total. The van der Waals surface area contributed by atoms with E-state index in [1.54, 1.807) is 13.3 Å². The fourth-order valence-electron chi connectivity index (χ4n) is 3.41. The number of hydrogen-bond acceptors (Lipinski definition) is 8. The van der Waals surface area contributed by atoms with Crippen LogP contribution in [0.3, 0.4) is 0 Å². The smallest absolute Gasteiger partial charge is 0.250 e. The number of aromatic nitrogens is 3. The predicted molar refractivity (Wildman–Crippen MR) is 135 cm³/mol. The zero-order valence-corrected chi connectivity index (χ0v) is 20.7. The molecular weight excluding hydrogens is 538 g/mol. The Balaban J connectivity index is 1.59. The second kappa shape index (κ2) is 10.7. The van der Waals surface area contributed by atoms with Crippen molar-refractivity contribution in [1.82, 2.24) is 15.0 Å². The van der Waals surface area contributed by atoms with Gasteiger partial charge in [-0.15, -0.1) is 0 Å². The topological polar surface area (TPSA) is 87.6 Å². The highest BCUT2D eigenvalue weighted by Gasteiger charge is 2.16. The summed E-state index contributed by atoms with van der Waals surface area (Å²) in [6.07, 6.45) is 5.16. The molecule has 0 bridgehead atoms. The molecule has 166 valence electrons. The number of halogens is 2. The summed E-state index contributed by atoms with van der Waals surface area (Å²) in [5.74, 6) is 2.16. The summed E-state index contributed by atoms with van der Waals surface area (Å²) in [6.45, 7) is 1.86. The van der Waals surface area contributed by atoms with E-state index in [2.05, 4.69) is 67.6 Å². The number of para-hydroxylation sites is 1. The average Bonchev–Trinajstić information content (AvgIpc) is 2.80. The molecule has 1 aliphatic heterocycles. The van der Waals surface area contributed by atoms with Crippen molar-refractivity contribution in [2.45, 2.75) is 19.3 Å². The van der Waals surface area contributed by atoms with Crippen molar-refractivity contribution in [3.63, 3.8) is 0 Å². The van der Waals surface area contributed by atoms with Crippen molar-refractivity contribution >= 4 is 61.6 Å². The molecule has 1 aromatic heterocycles. The lowest BCUT2D eigenvalue weighted by Gasteiger charge is -2.26. The van der Waals surface area contributed by atoms with E-state index in [4.69, 9.17) is 4.74 Å². The normalized spacial score (nSPS) is 13.9. The van der Waals surface area contributed by atoms with Crippen LogP contribution < -0.4 is 20.4 Å². The number of methoxy groups -OCH3 is 1. The highest BCUT2D eigenvalue weighted by atomic mass is 79.9. The number of anilines is 4. The van der Waals surface area contributed by atoms with Crippen LogP contribution in [0.4, 0.5) is 23.5 Å². The molecule has 8 nitrogen and oxygen atoms in total. The maximum Gasteiger partial charge on any atom is 0.250 e. The Morgan fingerprint density at radius 1 is 1.00 bits per heavy atom. The van der Waals surface area contributed by atoms with Crippen molar-refractivity contribution in [3.8, 4) is 5.75 Å². The molecule has 0 radical (unpaired) electrons. The fourth-order valence-corrected chi connectivity index (χ4v) is 4.83. The van der Waals surface area contributed by atoms with Gasteiger partial charge in [0.2, 0.25) is 17.8 Å². The van der Waals surface area contributed by atoms with E-state index in [0.717, 1.165) is 46.1 Å². The first kappa shape index (κ1) is 22.5. The lowest BCUT2D eigenvalue weighted by molar-refractivity contribution is 0.411. The third-order valence-corrected chi connectivity index (χ3v) is 5.95. The molecular formula is C22H23Br2N7O. The molecule has 0 unspecified atom stereocenters. The van der Waals surface area contributed by atoms with Gasteiger partial charge in [0.25, 0.3) is 0 Å². The summed E-state index contributed by atoms with van der Waals surface area (Å²) in [7, 11) is 1.62. The van der Waals surface area contributed by atoms with Gasteiger partial charge in [0, 0.05) is 28.8 Å². The van der Waals surface area contributed by atoms with Gasteiger partial charge in [0.1, 0.15) is 5.75 Å². The van der Waals surface area contributed by atoms with Crippen molar-refractivity contribution in [2.75, 3.05) is 35.8 Å². The standard InChI is InChI=1S/C22H23Br2N7O/c1-32-19-15(12-16(23)13-18(19)24)14-25-30-21-27-20(26-17-8-4-2-5-9-17)28-22(29-21)31-10-6-3-7-11-31/h2,4-5,8-9,12-14H,3,6-7,10-11H2,1H3,(H2,26,27,28,29,30)/b25-14+. The number of ether oxygens (including phenoxy) is 1. The number of benzene rings is 2. The van der Waals surface area contributed by atoms with Crippen LogP contribution in [0.2, 0.25) is 0 Å². The van der Waals surface area contributed by atoms with E-state index in [0.29, 0.717) is 23.6 Å². The molecule has 0 amide bonds. The Bertz CT molecular complexity index is 1090. The Morgan fingerprint density at radius 3 is 2.50 bits per heavy atom. The second-order valence-corrected chi connectivity index (χ2v) is 8.97. The molecule has 3 aromatic rings. The number of nitrogens with zero attached hydrogens (tertiary/aromatic N) is 5. The monoisotopic (exact) mass is 559 g/mol. The van der Waals surface area contributed by atoms with Gasteiger partial charge >= 0.3 is 0 Å². The summed E-state index contributed by atoms with van der Waals surface area (Å²) < 4.78 is 7.22. The average molecular weight is 561 g/mol. The first-order valence-electron chi connectivity index (χ1n) is 10.3. The SMILES string of the molecule is COc1c(Br)cc(Br)cc1/C=N/Nc1nc(Nc2ccccc2)nc(N2CCCCC2)n1. The maximum absolute atomic E-state index is 5.47. The van der Waals surface area contributed by atoms with E-state index in [1.165, 1.54) is 6.42 Å². The van der Waals surface area contributed by atoms with E-state index >= 15 is 0 Å². The van der Waals surface area contributed by atoms with Crippen molar-refractivity contribution in [1.29, 1.82) is 0 Å². The molecule has 1 saturated heterocycles. The van der Waals surface area contributed by atoms with Gasteiger partial charge in [-0.25, -0.2) is 5.43 Å². The summed E-state index contributed by atoms with van der Waals surface area (Å²) in [4.78, 5) is 15.9. The Hall–Kier alpha value is -2.72. The molecule has 2 heterocycles. The Kier molecular flexibility index (Phi) is 7.54. The van der Waals surface area contributed by atoms with Crippen LogP contribution in [-0.2, 0) is 0 Å². The summed E-state index contributed by atoms with van der Waals surface area (Å²) in [5.41, 5.74) is 4.65. The molecule has 0 saturated carbocycles. The van der Waals surface area contributed by atoms with Crippen LogP contribution in [0, 0.1) is 0 Å². The van der Waals surface area contributed by atoms with E-state index in [9.17, 15) is 0 Å². The van der Waals surface area contributed by atoms with Gasteiger partial charge in [-0.3, -0.25) is 0 Å². The van der Waals surface area contributed by atoms with Gasteiger partial charge < -0.3 is 15.0 Å². The molecule has 0 atom stereocenters. The minimum Gasteiger partial charge on any atom is -0.495 e. The third kappa shape index (κ3) is 5.74. The molecule has 1 aliphatic rings. The predicted octanol–water partition coefficient (Wildman–Crippen LogP) is 5.59. The van der Waals surface area contributed by atoms with Gasteiger partial charge in [-0.1, -0.05) is 34.1 Å². The molecule has 2 aromatic carbocycles. The molecule has 4 rings (SSSR count). The maximum atomic E-state index is 5.47. The van der Waals surface area contributed by atoms with Gasteiger partial charge in [-0.2, -0.15) is 20.1 Å². The van der Waals surface area contributed by atoms with Crippen molar-refractivity contribution in [2.24, 2.45) is 5.10 Å². The van der Waals surface area contributed by atoms with E-state index in [1.807, 2.05) is 42.5 Å². The molecule has 0 spiro atoms. The van der Waals surface area contributed by atoms with Gasteiger partial charge in [-0.05, 0) is 59.5 Å². The molecule has 0 aliphatic carbocycles. The lowest BCUT2D eigenvalue weighted by Crippen LogP contribution is -2.31. The van der Waals surface area contributed by atoms with Crippen LogP contribution >= 0.6 is 31.9 Å². The number of piperidine rings is 1. The van der Waals surface area contributed by atoms with Crippen LogP contribution in [0.5, 0.6) is 5.75 Å². The first-order valence-corrected chi connectivity index (χ1v) is 11.9. The second-order valence-electron chi connectivity index (χ2n) is 7.20.